The number of carbonyl (C=O) groups is 1. The molecule has 0 atom stereocenters. The van der Waals surface area contributed by atoms with Crippen LogP contribution in [0, 0.1) is 0 Å². The molecular formula is C7H6N4O. The molecule has 0 aliphatic heterocycles. The minimum Gasteiger partial charge on any atom is -0.293 e. The van der Waals surface area contributed by atoms with Crippen LogP contribution in [0.4, 0.5) is 0 Å². The maximum atomic E-state index is 10.9. The van der Waals surface area contributed by atoms with Gasteiger partial charge in [-0.2, -0.15) is 10.1 Å². The number of carbonyl (C=O) groups excluding carboxylic acids is 1. The molecule has 0 aromatic carbocycles. The maximum absolute atomic E-state index is 10.9. The van der Waals surface area contributed by atoms with Gasteiger partial charge in [0, 0.05) is 13.1 Å². The molecule has 0 fully saturated rings. The van der Waals surface area contributed by atoms with E-state index < -0.39 is 0 Å². The normalized spacial score (nSPS) is 10.4. The highest BCUT2D eigenvalue weighted by molar-refractivity contribution is 5.92. The molecule has 2 aromatic rings. The Hall–Kier alpha value is -1.78. The summed E-state index contributed by atoms with van der Waals surface area (Å²) in [6.45, 7) is 1.47. The van der Waals surface area contributed by atoms with E-state index in [0.717, 1.165) is 0 Å². The van der Waals surface area contributed by atoms with Crippen molar-refractivity contribution in [3.8, 4) is 0 Å². The lowest BCUT2D eigenvalue weighted by atomic mass is 10.3. The molecule has 0 unspecified atom stereocenters. The molecule has 2 heterocycles. The highest BCUT2D eigenvalue weighted by Gasteiger charge is 2.02. The van der Waals surface area contributed by atoms with Crippen LogP contribution < -0.4 is 0 Å². The quantitative estimate of drug-likeness (QED) is 0.567. The van der Waals surface area contributed by atoms with E-state index in [4.69, 9.17) is 0 Å². The van der Waals surface area contributed by atoms with Crippen molar-refractivity contribution in [2.24, 2.45) is 0 Å². The molecule has 0 aliphatic rings. The Morgan fingerprint density at radius 2 is 2.42 bits per heavy atom. The van der Waals surface area contributed by atoms with Gasteiger partial charge in [-0.05, 0) is 6.07 Å². The zero-order valence-corrected chi connectivity index (χ0v) is 6.43. The third-order valence-corrected chi connectivity index (χ3v) is 1.51. The molecule has 12 heavy (non-hydrogen) atoms. The first kappa shape index (κ1) is 6.90. The van der Waals surface area contributed by atoms with E-state index in [1.807, 2.05) is 0 Å². The van der Waals surface area contributed by atoms with Gasteiger partial charge in [0.1, 0.15) is 12.0 Å². The van der Waals surface area contributed by atoms with Crippen molar-refractivity contribution >= 4 is 11.6 Å². The molecule has 2 rings (SSSR count). The second-order valence-electron chi connectivity index (χ2n) is 2.37. The topological polar surface area (TPSA) is 60.2 Å². The van der Waals surface area contributed by atoms with Crippen LogP contribution in [-0.2, 0) is 0 Å². The predicted molar refractivity (Wildman–Crippen MR) is 40.8 cm³/mol. The third kappa shape index (κ3) is 0.952. The van der Waals surface area contributed by atoms with Crippen LogP contribution in [0.1, 0.15) is 17.4 Å². The van der Waals surface area contributed by atoms with Gasteiger partial charge in [-0.3, -0.25) is 4.79 Å². The number of nitrogens with zero attached hydrogens (tertiary/aromatic N) is 4. The first-order valence-electron chi connectivity index (χ1n) is 3.45. The minimum absolute atomic E-state index is 0.0690. The van der Waals surface area contributed by atoms with Crippen molar-refractivity contribution in [3.63, 3.8) is 0 Å². The third-order valence-electron chi connectivity index (χ3n) is 1.51. The molecule has 5 heteroatoms. The number of hydrogen-bond acceptors (Lipinski definition) is 4. The van der Waals surface area contributed by atoms with Gasteiger partial charge in [-0.25, -0.2) is 9.50 Å². The molecule has 0 saturated carbocycles. The van der Waals surface area contributed by atoms with E-state index in [0.29, 0.717) is 11.5 Å². The smallest absolute Gasteiger partial charge is 0.252 e. The SMILES string of the molecule is CC(=O)c1ccn2ncnc2n1. The molecule has 0 radical (unpaired) electrons. The number of rotatable bonds is 1. The molecular weight excluding hydrogens is 156 g/mol. The van der Waals surface area contributed by atoms with Crippen LogP contribution in [0.25, 0.3) is 5.78 Å². The van der Waals surface area contributed by atoms with Gasteiger partial charge in [-0.15, -0.1) is 0 Å². The second-order valence-corrected chi connectivity index (χ2v) is 2.37. The summed E-state index contributed by atoms with van der Waals surface area (Å²) in [6, 6.07) is 1.62. The Balaban J connectivity index is 2.68. The lowest BCUT2D eigenvalue weighted by Crippen LogP contribution is -1.99. The zero-order chi connectivity index (χ0) is 8.55. The van der Waals surface area contributed by atoms with Crippen molar-refractivity contribution < 1.29 is 4.79 Å². The first-order chi connectivity index (χ1) is 5.77. The summed E-state index contributed by atoms with van der Waals surface area (Å²) in [7, 11) is 0. The number of aromatic nitrogens is 4. The standard InChI is InChI=1S/C7H6N4O/c1-5(12)6-2-3-11-7(10-6)8-4-9-11/h2-4H,1H3. The van der Waals surface area contributed by atoms with Crippen molar-refractivity contribution in [2.45, 2.75) is 6.92 Å². The number of fused-ring (bicyclic) bond motifs is 1. The predicted octanol–water partition coefficient (Wildman–Crippen LogP) is 0.327. The summed E-state index contributed by atoms with van der Waals surface area (Å²) >= 11 is 0. The van der Waals surface area contributed by atoms with Crippen molar-refractivity contribution in [3.05, 3.63) is 24.3 Å². The van der Waals surface area contributed by atoms with Gasteiger partial charge in [0.15, 0.2) is 5.78 Å². The van der Waals surface area contributed by atoms with E-state index in [9.17, 15) is 4.79 Å². The van der Waals surface area contributed by atoms with Gasteiger partial charge in [0.2, 0.25) is 0 Å². The largest absolute Gasteiger partial charge is 0.293 e. The highest BCUT2D eigenvalue weighted by Crippen LogP contribution is 1.98. The van der Waals surface area contributed by atoms with E-state index >= 15 is 0 Å². The van der Waals surface area contributed by atoms with Crippen molar-refractivity contribution in [2.75, 3.05) is 0 Å². The Bertz CT molecular complexity index is 434. The van der Waals surface area contributed by atoms with E-state index in [2.05, 4.69) is 15.1 Å². The Morgan fingerprint density at radius 1 is 1.58 bits per heavy atom. The molecule has 0 amide bonds. The molecule has 0 saturated heterocycles. The Labute approximate surface area is 68.1 Å². The monoisotopic (exact) mass is 162 g/mol. The van der Waals surface area contributed by atoms with Crippen LogP contribution in [0.3, 0.4) is 0 Å². The van der Waals surface area contributed by atoms with Crippen LogP contribution in [0.2, 0.25) is 0 Å². The zero-order valence-electron chi connectivity index (χ0n) is 6.43. The van der Waals surface area contributed by atoms with Gasteiger partial charge in [0.25, 0.3) is 5.78 Å². The Kier molecular flexibility index (Phi) is 1.36. The maximum Gasteiger partial charge on any atom is 0.252 e. The van der Waals surface area contributed by atoms with Gasteiger partial charge in [-0.1, -0.05) is 0 Å². The average molecular weight is 162 g/mol. The lowest BCUT2D eigenvalue weighted by Gasteiger charge is -1.93. The number of Topliss-reactive ketones (excluding diaryl/α,β-unsaturated/α-hetero) is 1. The van der Waals surface area contributed by atoms with Crippen LogP contribution in [-0.4, -0.2) is 25.4 Å². The van der Waals surface area contributed by atoms with E-state index in [1.165, 1.54) is 17.8 Å². The molecule has 60 valence electrons. The summed E-state index contributed by atoms with van der Waals surface area (Å²) in [5.41, 5.74) is 0.413. The van der Waals surface area contributed by atoms with E-state index in [1.54, 1.807) is 12.3 Å². The first-order valence-corrected chi connectivity index (χ1v) is 3.45. The fourth-order valence-corrected chi connectivity index (χ4v) is 0.911. The average Bonchev–Trinajstić information content (AvgIpc) is 2.49. The molecule has 2 aromatic heterocycles. The highest BCUT2D eigenvalue weighted by atomic mass is 16.1. The van der Waals surface area contributed by atoms with Gasteiger partial charge in [0.05, 0.1) is 0 Å². The second kappa shape index (κ2) is 2.37. The fourth-order valence-electron chi connectivity index (χ4n) is 0.911. The fraction of sp³-hybridized carbons (Fsp3) is 0.143. The minimum atomic E-state index is -0.0690. The number of ketones is 1. The van der Waals surface area contributed by atoms with Crippen molar-refractivity contribution in [1.29, 1.82) is 0 Å². The molecule has 0 spiro atoms. The van der Waals surface area contributed by atoms with Crippen LogP contribution in [0.15, 0.2) is 18.6 Å². The molecule has 5 nitrogen and oxygen atoms in total. The van der Waals surface area contributed by atoms with Gasteiger partial charge >= 0.3 is 0 Å². The van der Waals surface area contributed by atoms with Crippen LogP contribution in [0.5, 0.6) is 0 Å². The summed E-state index contributed by atoms with van der Waals surface area (Å²) in [5, 5.41) is 3.85. The van der Waals surface area contributed by atoms with E-state index in [-0.39, 0.29) is 5.78 Å². The van der Waals surface area contributed by atoms with Crippen molar-refractivity contribution in [1.82, 2.24) is 19.6 Å². The molecule has 0 aliphatic carbocycles. The van der Waals surface area contributed by atoms with Gasteiger partial charge < -0.3 is 0 Å². The van der Waals surface area contributed by atoms with Crippen LogP contribution >= 0.6 is 0 Å². The lowest BCUT2D eigenvalue weighted by molar-refractivity contribution is 0.101. The summed E-state index contributed by atoms with van der Waals surface area (Å²) in [4.78, 5) is 18.7. The number of hydrogen-bond donors (Lipinski definition) is 0. The summed E-state index contributed by atoms with van der Waals surface area (Å²) in [6.07, 6.45) is 3.05. The summed E-state index contributed by atoms with van der Waals surface area (Å²) in [5.74, 6) is 0.378. The Morgan fingerprint density at radius 3 is 3.17 bits per heavy atom. The molecule has 0 N–H and O–H groups in total. The molecule has 0 bridgehead atoms. The summed E-state index contributed by atoms with van der Waals surface area (Å²) < 4.78 is 1.51.